The summed E-state index contributed by atoms with van der Waals surface area (Å²) < 4.78 is 2.13. The summed E-state index contributed by atoms with van der Waals surface area (Å²) in [6.45, 7) is 4.14. The van der Waals surface area contributed by atoms with Crippen molar-refractivity contribution in [1.82, 2.24) is 9.88 Å². The molecule has 0 saturated heterocycles. The molecule has 24 heavy (non-hydrogen) atoms. The Kier molecular flexibility index (Phi) is 4.70. The zero-order valence-electron chi connectivity index (χ0n) is 14.5. The summed E-state index contributed by atoms with van der Waals surface area (Å²) in [5, 5.41) is 4.34. The van der Waals surface area contributed by atoms with Crippen molar-refractivity contribution >= 4 is 16.8 Å². The van der Waals surface area contributed by atoms with Crippen LogP contribution in [0.2, 0.25) is 0 Å². The van der Waals surface area contributed by atoms with Crippen molar-refractivity contribution in [2.45, 2.75) is 32.2 Å². The molecule has 0 aliphatic rings. The number of aryl methyl sites for hydroxylation is 1. The molecule has 0 spiro atoms. The van der Waals surface area contributed by atoms with Gasteiger partial charge in [-0.1, -0.05) is 55.5 Å². The van der Waals surface area contributed by atoms with Crippen LogP contribution in [0, 0.1) is 0 Å². The first-order valence-corrected chi connectivity index (χ1v) is 8.44. The van der Waals surface area contributed by atoms with Crippen LogP contribution in [-0.4, -0.2) is 10.5 Å². The summed E-state index contributed by atoms with van der Waals surface area (Å²) >= 11 is 0. The molecule has 0 aliphatic heterocycles. The second-order valence-corrected chi connectivity index (χ2v) is 6.52. The Morgan fingerprint density at radius 2 is 1.71 bits per heavy atom. The third-order valence-corrected chi connectivity index (χ3v) is 4.63. The van der Waals surface area contributed by atoms with Crippen molar-refractivity contribution in [3.8, 4) is 0 Å². The Morgan fingerprint density at radius 1 is 1.04 bits per heavy atom. The van der Waals surface area contributed by atoms with Gasteiger partial charge in [-0.3, -0.25) is 4.79 Å². The predicted octanol–water partition coefficient (Wildman–Crippen LogP) is 4.55. The van der Waals surface area contributed by atoms with Gasteiger partial charge in [-0.15, -0.1) is 0 Å². The van der Waals surface area contributed by atoms with Crippen molar-refractivity contribution in [2.75, 3.05) is 0 Å². The summed E-state index contributed by atoms with van der Waals surface area (Å²) in [6, 6.07) is 18.4. The van der Waals surface area contributed by atoms with Crippen molar-refractivity contribution < 1.29 is 4.79 Å². The molecule has 2 unspecified atom stereocenters. The van der Waals surface area contributed by atoms with E-state index in [1.54, 1.807) is 0 Å². The van der Waals surface area contributed by atoms with E-state index >= 15 is 0 Å². The van der Waals surface area contributed by atoms with Crippen LogP contribution in [0.15, 0.2) is 60.8 Å². The Labute approximate surface area is 143 Å². The molecule has 0 radical (unpaired) electrons. The number of carbonyl (C=O) groups is 1. The van der Waals surface area contributed by atoms with Crippen LogP contribution in [0.3, 0.4) is 0 Å². The van der Waals surface area contributed by atoms with Gasteiger partial charge < -0.3 is 9.88 Å². The summed E-state index contributed by atoms with van der Waals surface area (Å²) in [6.07, 6.45) is 2.63. The van der Waals surface area contributed by atoms with E-state index in [9.17, 15) is 4.79 Å². The average Bonchev–Trinajstić information content (AvgIpc) is 2.93. The average molecular weight is 320 g/mol. The number of rotatable bonds is 5. The second kappa shape index (κ2) is 6.91. The number of hydrogen-bond donors (Lipinski definition) is 1. The molecule has 3 heteroatoms. The van der Waals surface area contributed by atoms with Gasteiger partial charge in [0.2, 0.25) is 5.91 Å². The Balaban J connectivity index is 1.70. The quantitative estimate of drug-likeness (QED) is 0.735. The summed E-state index contributed by atoms with van der Waals surface area (Å²) in [7, 11) is 2.05. The highest BCUT2D eigenvalue weighted by atomic mass is 16.1. The molecular formula is C21H24N2O. The summed E-state index contributed by atoms with van der Waals surface area (Å²) in [5.41, 5.74) is 3.57. The molecule has 124 valence electrons. The highest BCUT2D eigenvalue weighted by molar-refractivity contribution is 5.85. The van der Waals surface area contributed by atoms with E-state index in [2.05, 4.69) is 48.3 Å². The van der Waals surface area contributed by atoms with E-state index in [1.165, 1.54) is 16.5 Å². The van der Waals surface area contributed by atoms with E-state index < -0.39 is 0 Å². The zero-order chi connectivity index (χ0) is 17.1. The third-order valence-electron chi connectivity index (χ3n) is 4.63. The Morgan fingerprint density at radius 3 is 2.46 bits per heavy atom. The van der Waals surface area contributed by atoms with Crippen molar-refractivity contribution in [1.29, 1.82) is 0 Å². The lowest BCUT2D eigenvalue weighted by atomic mass is 9.96. The van der Waals surface area contributed by atoms with Gasteiger partial charge in [0, 0.05) is 30.6 Å². The lowest BCUT2D eigenvalue weighted by Crippen LogP contribution is -2.27. The lowest BCUT2D eigenvalue weighted by molar-refractivity contribution is -0.122. The van der Waals surface area contributed by atoms with Crippen molar-refractivity contribution in [3.05, 3.63) is 71.9 Å². The van der Waals surface area contributed by atoms with Crippen molar-refractivity contribution in [2.24, 2.45) is 7.05 Å². The molecule has 1 aromatic heterocycles. The van der Waals surface area contributed by atoms with Gasteiger partial charge in [-0.05, 0) is 30.0 Å². The van der Waals surface area contributed by atoms with Gasteiger partial charge >= 0.3 is 0 Å². The van der Waals surface area contributed by atoms with E-state index in [4.69, 9.17) is 0 Å². The standard InChI is InChI=1S/C21H24N2O/c1-15(19-14-23(3)20-12-8-7-11-18(19)20)13-21(24)22-16(2)17-9-5-4-6-10-17/h4-12,14-16H,13H2,1-3H3,(H,22,24). The topological polar surface area (TPSA) is 34.0 Å². The van der Waals surface area contributed by atoms with Crippen LogP contribution in [0.5, 0.6) is 0 Å². The van der Waals surface area contributed by atoms with Crippen LogP contribution >= 0.6 is 0 Å². The molecule has 1 amide bonds. The van der Waals surface area contributed by atoms with Gasteiger partial charge in [0.1, 0.15) is 0 Å². The van der Waals surface area contributed by atoms with E-state index in [0.717, 1.165) is 5.56 Å². The fourth-order valence-corrected chi connectivity index (χ4v) is 3.28. The minimum Gasteiger partial charge on any atom is -0.350 e. The number of carbonyl (C=O) groups excluding carboxylic acids is 1. The minimum absolute atomic E-state index is 0.0263. The third kappa shape index (κ3) is 3.35. The predicted molar refractivity (Wildman–Crippen MR) is 99.0 cm³/mol. The molecule has 3 nitrogen and oxygen atoms in total. The summed E-state index contributed by atoms with van der Waals surface area (Å²) in [4.78, 5) is 12.4. The molecule has 0 saturated carbocycles. The highest BCUT2D eigenvalue weighted by Crippen LogP contribution is 2.29. The van der Waals surface area contributed by atoms with E-state index in [1.807, 2.05) is 43.3 Å². The minimum atomic E-state index is 0.0263. The molecule has 2 aromatic carbocycles. The van der Waals surface area contributed by atoms with Crippen LogP contribution in [-0.2, 0) is 11.8 Å². The van der Waals surface area contributed by atoms with E-state index in [-0.39, 0.29) is 17.9 Å². The first-order chi connectivity index (χ1) is 11.6. The Bertz CT molecular complexity index is 835. The van der Waals surface area contributed by atoms with Crippen LogP contribution in [0.4, 0.5) is 0 Å². The largest absolute Gasteiger partial charge is 0.350 e. The smallest absolute Gasteiger partial charge is 0.221 e. The number of hydrogen-bond acceptors (Lipinski definition) is 1. The summed E-state index contributed by atoms with van der Waals surface area (Å²) in [5.74, 6) is 0.269. The van der Waals surface area contributed by atoms with Gasteiger partial charge in [0.15, 0.2) is 0 Å². The molecule has 1 heterocycles. The van der Waals surface area contributed by atoms with Gasteiger partial charge in [-0.2, -0.15) is 0 Å². The maximum atomic E-state index is 12.4. The second-order valence-electron chi connectivity index (χ2n) is 6.52. The molecule has 0 aliphatic carbocycles. The van der Waals surface area contributed by atoms with E-state index in [0.29, 0.717) is 6.42 Å². The lowest BCUT2D eigenvalue weighted by Gasteiger charge is -2.16. The number of amides is 1. The molecule has 1 N–H and O–H groups in total. The van der Waals surface area contributed by atoms with Crippen LogP contribution in [0.1, 0.15) is 43.4 Å². The normalized spacial score (nSPS) is 13.6. The zero-order valence-corrected chi connectivity index (χ0v) is 14.5. The van der Waals surface area contributed by atoms with Crippen LogP contribution < -0.4 is 5.32 Å². The highest BCUT2D eigenvalue weighted by Gasteiger charge is 2.17. The maximum Gasteiger partial charge on any atom is 0.221 e. The van der Waals surface area contributed by atoms with Crippen molar-refractivity contribution in [3.63, 3.8) is 0 Å². The Hall–Kier alpha value is -2.55. The number of nitrogens with one attached hydrogen (secondary N) is 1. The number of aromatic nitrogens is 1. The number of fused-ring (bicyclic) bond motifs is 1. The molecule has 3 aromatic rings. The number of nitrogens with zero attached hydrogens (tertiary/aromatic N) is 1. The first-order valence-electron chi connectivity index (χ1n) is 8.44. The molecular weight excluding hydrogens is 296 g/mol. The molecule has 2 atom stereocenters. The number of benzene rings is 2. The first kappa shape index (κ1) is 16.3. The molecule has 0 bridgehead atoms. The molecule has 3 rings (SSSR count). The monoisotopic (exact) mass is 320 g/mol. The number of para-hydroxylation sites is 1. The fourth-order valence-electron chi connectivity index (χ4n) is 3.28. The molecule has 0 fully saturated rings. The van der Waals surface area contributed by atoms with Gasteiger partial charge in [0.25, 0.3) is 0 Å². The fraction of sp³-hybridized carbons (Fsp3) is 0.286. The SMILES string of the molecule is CC(CC(=O)NC(C)c1ccccc1)c1cn(C)c2ccccc12. The van der Waals surface area contributed by atoms with Gasteiger partial charge in [0.05, 0.1) is 6.04 Å². The van der Waals surface area contributed by atoms with Gasteiger partial charge in [-0.25, -0.2) is 0 Å². The maximum absolute atomic E-state index is 12.4. The van der Waals surface area contributed by atoms with Crippen LogP contribution in [0.25, 0.3) is 10.9 Å².